The highest BCUT2D eigenvalue weighted by Gasteiger charge is 2.40. The van der Waals surface area contributed by atoms with Crippen LogP contribution in [0.5, 0.6) is 0 Å². The molecule has 1 N–H and O–H groups in total. The molecule has 1 amide bonds. The lowest BCUT2D eigenvalue weighted by Gasteiger charge is -2.26. The summed E-state index contributed by atoms with van der Waals surface area (Å²) in [5.41, 5.74) is 0. The molecule has 0 radical (unpaired) electrons. The number of rotatable bonds is 3. The second-order valence-electron chi connectivity index (χ2n) is 4.96. The van der Waals surface area contributed by atoms with Crippen molar-refractivity contribution in [3.63, 3.8) is 0 Å². The first-order chi connectivity index (χ1) is 9.79. The van der Waals surface area contributed by atoms with Crippen molar-refractivity contribution in [2.45, 2.75) is 24.3 Å². The highest BCUT2D eigenvalue weighted by atomic mass is 32.2. The molecule has 2 aliphatic heterocycles. The summed E-state index contributed by atoms with van der Waals surface area (Å²) in [6, 6.07) is -0.149. The number of carbonyl (C=O) groups is 1. The summed E-state index contributed by atoms with van der Waals surface area (Å²) in [5.74, 6) is 1.24. The molecule has 106 valence electrons. The van der Waals surface area contributed by atoms with E-state index in [9.17, 15) is 4.79 Å². The highest BCUT2D eigenvalue weighted by molar-refractivity contribution is 8.03. The lowest BCUT2D eigenvalue weighted by Crippen LogP contribution is -2.49. The Morgan fingerprint density at radius 3 is 3.00 bits per heavy atom. The third-order valence-corrected chi connectivity index (χ3v) is 5.06. The van der Waals surface area contributed by atoms with E-state index in [2.05, 4.69) is 31.8 Å². The van der Waals surface area contributed by atoms with Gasteiger partial charge in [-0.15, -0.1) is 11.8 Å². The highest BCUT2D eigenvalue weighted by Crippen LogP contribution is 2.37. The van der Waals surface area contributed by atoms with Crippen LogP contribution in [0.2, 0.25) is 0 Å². The van der Waals surface area contributed by atoms with Gasteiger partial charge in [0.2, 0.25) is 5.91 Å². The molecular weight excluding hydrogens is 274 g/mol. The van der Waals surface area contributed by atoms with Gasteiger partial charge in [-0.3, -0.25) is 4.79 Å². The predicted molar refractivity (Wildman–Crippen MR) is 76.7 cm³/mol. The van der Waals surface area contributed by atoms with Gasteiger partial charge in [0.25, 0.3) is 0 Å². The van der Waals surface area contributed by atoms with Gasteiger partial charge in [0, 0.05) is 11.8 Å². The summed E-state index contributed by atoms with van der Waals surface area (Å²) in [6.45, 7) is 1.20. The smallest absolute Gasteiger partial charge is 0.241 e. The minimum absolute atomic E-state index is 0.136. The molecule has 6 nitrogen and oxygen atoms in total. The van der Waals surface area contributed by atoms with E-state index in [1.807, 2.05) is 11.9 Å². The fraction of sp³-hybridized carbons (Fsp3) is 0.538. The third-order valence-electron chi connectivity index (χ3n) is 3.81. The van der Waals surface area contributed by atoms with Crippen LogP contribution in [0, 0.1) is 5.92 Å². The Labute approximate surface area is 122 Å². The molecule has 3 heterocycles. The standard InChI is InChI=1S/C13H17N5OS/c1-14-11-12-9(3-5-20-12)2-4-18(13(11)19)6-10-16-7-15-8-17-10/h3,5,7-9,11-12,14H,2,4,6H2,1H3. The summed E-state index contributed by atoms with van der Waals surface area (Å²) in [5, 5.41) is 5.60. The molecule has 0 aliphatic carbocycles. The first-order valence-corrected chi connectivity index (χ1v) is 7.63. The van der Waals surface area contributed by atoms with Crippen molar-refractivity contribution in [1.29, 1.82) is 0 Å². The van der Waals surface area contributed by atoms with E-state index in [1.54, 1.807) is 11.8 Å². The molecule has 20 heavy (non-hydrogen) atoms. The van der Waals surface area contributed by atoms with Crippen LogP contribution in [-0.4, -0.2) is 50.6 Å². The minimum Gasteiger partial charge on any atom is -0.334 e. The molecule has 0 bridgehead atoms. The van der Waals surface area contributed by atoms with Crippen molar-refractivity contribution in [3.05, 3.63) is 30.0 Å². The Hall–Kier alpha value is -1.47. The molecule has 1 saturated heterocycles. The van der Waals surface area contributed by atoms with Gasteiger partial charge in [0.05, 0.1) is 12.6 Å². The maximum absolute atomic E-state index is 12.7. The Morgan fingerprint density at radius 1 is 1.45 bits per heavy atom. The van der Waals surface area contributed by atoms with E-state index in [4.69, 9.17) is 0 Å². The number of fused-ring (bicyclic) bond motifs is 1. The molecule has 1 aromatic rings. The van der Waals surface area contributed by atoms with Crippen molar-refractivity contribution in [1.82, 2.24) is 25.2 Å². The van der Waals surface area contributed by atoms with Crippen LogP contribution in [0.4, 0.5) is 0 Å². The maximum atomic E-state index is 12.7. The van der Waals surface area contributed by atoms with Crippen LogP contribution in [0.25, 0.3) is 0 Å². The second-order valence-corrected chi connectivity index (χ2v) is 6.05. The van der Waals surface area contributed by atoms with Crippen molar-refractivity contribution in [3.8, 4) is 0 Å². The van der Waals surface area contributed by atoms with Crippen LogP contribution >= 0.6 is 11.8 Å². The number of hydrogen-bond acceptors (Lipinski definition) is 6. The Morgan fingerprint density at radius 2 is 2.25 bits per heavy atom. The number of allylic oxidation sites excluding steroid dienone is 1. The fourth-order valence-corrected chi connectivity index (χ4v) is 4.06. The molecule has 3 rings (SSSR count). The molecule has 3 atom stereocenters. The number of likely N-dealkylation sites (N-methyl/N-ethyl adjacent to an activating group) is 1. The summed E-state index contributed by atoms with van der Waals surface area (Å²) in [7, 11) is 1.85. The maximum Gasteiger partial charge on any atom is 0.241 e. The zero-order chi connectivity index (χ0) is 13.9. The average Bonchev–Trinajstić information content (AvgIpc) is 2.89. The molecular formula is C13H17N5OS. The fourth-order valence-electron chi connectivity index (χ4n) is 2.75. The normalized spacial score (nSPS) is 29.4. The summed E-state index contributed by atoms with van der Waals surface area (Å²) < 4.78 is 0. The first-order valence-electron chi connectivity index (χ1n) is 6.68. The van der Waals surface area contributed by atoms with Gasteiger partial charge in [-0.25, -0.2) is 15.0 Å². The zero-order valence-electron chi connectivity index (χ0n) is 11.3. The van der Waals surface area contributed by atoms with Gasteiger partial charge in [-0.05, 0) is 24.8 Å². The number of nitrogens with zero attached hydrogens (tertiary/aromatic N) is 4. The molecule has 3 unspecified atom stereocenters. The molecule has 1 aromatic heterocycles. The van der Waals surface area contributed by atoms with E-state index in [-0.39, 0.29) is 11.9 Å². The lowest BCUT2D eigenvalue weighted by atomic mass is 9.98. The zero-order valence-corrected chi connectivity index (χ0v) is 12.1. The number of hydrogen-bond donors (Lipinski definition) is 1. The Kier molecular flexibility index (Phi) is 3.98. The first kappa shape index (κ1) is 13.5. The van der Waals surface area contributed by atoms with Crippen LogP contribution in [0.1, 0.15) is 12.2 Å². The molecule has 1 fully saturated rings. The van der Waals surface area contributed by atoms with Gasteiger partial charge in [0.1, 0.15) is 12.7 Å². The third kappa shape index (κ3) is 2.55. The van der Waals surface area contributed by atoms with Crippen LogP contribution < -0.4 is 5.32 Å². The average molecular weight is 291 g/mol. The van der Waals surface area contributed by atoms with Crippen molar-refractivity contribution in [2.24, 2.45) is 5.92 Å². The topological polar surface area (TPSA) is 71.0 Å². The van der Waals surface area contributed by atoms with E-state index < -0.39 is 0 Å². The van der Waals surface area contributed by atoms with Gasteiger partial charge < -0.3 is 10.2 Å². The monoisotopic (exact) mass is 291 g/mol. The van der Waals surface area contributed by atoms with Crippen molar-refractivity contribution in [2.75, 3.05) is 13.6 Å². The van der Waals surface area contributed by atoms with E-state index in [1.165, 1.54) is 12.7 Å². The number of nitrogens with one attached hydrogen (secondary N) is 1. The second kappa shape index (κ2) is 5.88. The van der Waals surface area contributed by atoms with Gasteiger partial charge in [-0.1, -0.05) is 6.08 Å². The van der Waals surface area contributed by atoms with Crippen molar-refractivity contribution >= 4 is 17.7 Å². The summed E-state index contributed by atoms with van der Waals surface area (Å²) >= 11 is 1.75. The summed E-state index contributed by atoms with van der Waals surface area (Å²) in [6.07, 6.45) is 6.14. The molecule has 0 spiro atoms. The predicted octanol–water partition coefficient (Wildman–Crippen LogP) is 0.437. The summed E-state index contributed by atoms with van der Waals surface area (Å²) in [4.78, 5) is 26.5. The number of likely N-dealkylation sites (tertiary alicyclic amines) is 1. The van der Waals surface area contributed by atoms with E-state index in [0.717, 1.165) is 13.0 Å². The number of aromatic nitrogens is 3. The van der Waals surface area contributed by atoms with Crippen LogP contribution in [0.15, 0.2) is 24.1 Å². The number of thioether (sulfide) groups is 1. The number of amides is 1. The molecule has 0 aromatic carbocycles. The van der Waals surface area contributed by atoms with Crippen LogP contribution in [-0.2, 0) is 11.3 Å². The lowest BCUT2D eigenvalue weighted by molar-refractivity contribution is -0.133. The Balaban J connectivity index is 1.78. The van der Waals surface area contributed by atoms with E-state index in [0.29, 0.717) is 23.5 Å². The molecule has 7 heteroatoms. The van der Waals surface area contributed by atoms with Gasteiger partial charge in [0.15, 0.2) is 5.82 Å². The molecule has 2 aliphatic rings. The van der Waals surface area contributed by atoms with Gasteiger partial charge >= 0.3 is 0 Å². The van der Waals surface area contributed by atoms with Gasteiger partial charge in [-0.2, -0.15) is 0 Å². The van der Waals surface area contributed by atoms with Crippen LogP contribution in [0.3, 0.4) is 0 Å². The van der Waals surface area contributed by atoms with E-state index >= 15 is 0 Å². The largest absolute Gasteiger partial charge is 0.334 e. The SMILES string of the molecule is CNC1C(=O)N(Cc2ncncn2)CCC2C=CSC21. The molecule has 0 saturated carbocycles. The minimum atomic E-state index is -0.149. The Bertz CT molecular complexity index is 509. The van der Waals surface area contributed by atoms with Crippen molar-refractivity contribution < 1.29 is 4.79 Å². The number of carbonyl (C=O) groups excluding carboxylic acids is 1. The quantitative estimate of drug-likeness (QED) is 0.871.